The van der Waals surface area contributed by atoms with Crippen molar-refractivity contribution < 1.29 is 17.6 Å². The highest BCUT2D eigenvalue weighted by Crippen LogP contribution is 2.24. The second-order valence-electron chi connectivity index (χ2n) is 6.95. The summed E-state index contributed by atoms with van der Waals surface area (Å²) >= 11 is 0. The lowest BCUT2D eigenvalue weighted by atomic mass is 9.86. The molecule has 0 aliphatic heterocycles. The number of para-hydroxylation sites is 1. The lowest BCUT2D eigenvalue weighted by Crippen LogP contribution is -2.41. The molecule has 1 fully saturated rings. The Balaban J connectivity index is 1.70. The molecule has 5 nitrogen and oxygen atoms in total. The van der Waals surface area contributed by atoms with E-state index in [0.717, 1.165) is 19.3 Å². The molecule has 0 saturated heterocycles. The fourth-order valence-electron chi connectivity index (χ4n) is 3.32. The minimum atomic E-state index is -3.94. The standard InChI is InChI=1S/C20H23FN2O3S/c1-14-6-2-4-8-18(14)22-20(24)15-10-12-16(13-11-15)27(25,26)23-19-9-5-3-7-17(19)21/h3,5,7,9-14,18,23H,2,4,6,8H2,1H3,(H,22,24)/t14-,18-/m0/s1. The molecule has 27 heavy (non-hydrogen) atoms. The molecule has 0 bridgehead atoms. The first kappa shape index (κ1) is 19.4. The molecule has 2 aromatic carbocycles. The van der Waals surface area contributed by atoms with Gasteiger partial charge < -0.3 is 5.32 Å². The first-order chi connectivity index (χ1) is 12.9. The van der Waals surface area contributed by atoms with Crippen LogP contribution in [0.4, 0.5) is 10.1 Å². The zero-order valence-corrected chi connectivity index (χ0v) is 15.9. The van der Waals surface area contributed by atoms with Gasteiger partial charge in [-0.2, -0.15) is 0 Å². The largest absolute Gasteiger partial charge is 0.349 e. The van der Waals surface area contributed by atoms with Crippen molar-refractivity contribution in [2.24, 2.45) is 5.92 Å². The van der Waals surface area contributed by atoms with Gasteiger partial charge in [0, 0.05) is 11.6 Å². The van der Waals surface area contributed by atoms with Gasteiger partial charge in [0.15, 0.2) is 0 Å². The van der Waals surface area contributed by atoms with Crippen molar-refractivity contribution in [2.75, 3.05) is 4.72 Å². The maximum Gasteiger partial charge on any atom is 0.261 e. The lowest BCUT2D eigenvalue weighted by molar-refractivity contribution is 0.0910. The summed E-state index contributed by atoms with van der Waals surface area (Å²) in [6.07, 6.45) is 4.36. The number of sulfonamides is 1. The van der Waals surface area contributed by atoms with Crippen LogP contribution in [0, 0.1) is 11.7 Å². The zero-order valence-electron chi connectivity index (χ0n) is 15.1. The number of nitrogens with one attached hydrogen (secondary N) is 2. The second-order valence-corrected chi connectivity index (χ2v) is 8.63. The number of rotatable bonds is 5. The van der Waals surface area contributed by atoms with Gasteiger partial charge in [0.25, 0.3) is 15.9 Å². The van der Waals surface area contributed by atoms with Crippen LogP contribution in [0.15, 0.2) is 53.4 Å². The summed E-state index contributed by atoms with van der Waals surface area (Å²) in [6, 6.07) is 11.3. The molecule has 7 heteroatoms. The lowest BCUT2D eigenvalue weighted by Gasteiger charge is -2.29. The fraction of sp³-hybridized carbons (Fsp3) is 0.350. The van der Waals surface area contributed by atoms with E-state index in [1.165, 1.54) is 48.9 Å². The van der Waals surface area contributed by atoms with Gasteiger partial charge in [0.1, 0.15) is 5.82 Å². The number of anilines is 1. The van der Waals surface area contributed by atoms with Crippen molar-refractivity contribution in [3.8, 4) is 0 Å². The Morgan fingerprint density at radius 1 is 1.04 bits per heavy atom. The van der Waals surface area contributed by atoms with Crippen molar-refractivity contribution in [3.63, 3.8) is 0 Å². The van der Waals surface area contributed by atoms with E-state index in [4.69, 9.17) is 0 Å². The molecule has 0 spiro atoms. The number of halogens is 1. The van der Waals surface area contributed by atoms with Gasteiger partial charge in [-0.1, -0.05) is 31.9 Å². The highest BCUT2D eigenvalue weighted by atomic mass is 32.2. The maximum absolute atomic E-state index is 13.7. The predicted octanol–water partition coefficient (Wildman–Crippen LogP) is 3.94. The van der Waals surface area contributed by atoms with E-state index in [9.17, 15) is 17.6 Å². The summed E-state index contributed by atoms with van der Waals surface area (Å²) in [5, 5.41) is 3.04. The van der Waals surface area contributed by atoms with Gasteiger partial charge >= 0.3 is 0 Å². The molecule has 144 valence electrons. The highest BCUT2D eigenvalue weighted by Gasteiger charge is 2.23. The first-order valence-electron chi connectivity index (χ1n) is 9.05. The van der Waals surface area contributed by atoms with Crippen molar-refractivity contribution in [2.45, 2.75) is 43.5 Å². The van der Waals surface area contributed by atoms with Crippen molar-refractivity contribution >= 4 is 21.6 Å². The Morgan fingerprint density at radius 3 is 2.37 bits per heavy atom. The van der Waals surface area contributed by atoms with Gasteiger partial charge in [-0.3, -0.25) is 9.52 Å². The molecule has 1 aliphatic rings. The van der Waals surface area contributed by atoms with Crippen molar-refractivity contribution in [3.05, 3.63) is 59.9 Å². The van der Waals surface area contributed by atoms with Crippen LogP contribution in [-0.2, 0) is 10.0 Å². The van der Waals surface area contributed by atoms with E-state index in [1.54, 1.807) is 6.07 Å². The minimum Gasteiger partial charge on any atom is -0.349 e. The number of carbonyl (C=O) groups is 1. The average molecular weight is 390 g/mol. The first-order valence-corrected chi connectivity index (χ1v) is 10.5. The summed E-state index contributed by atoms with van der Waals surface area (Å²) in [6.45, 7) is 2.13. The molecule has 0 unspecified atom stereocenters. The highest BCUT2D eigenvalue weighted by molar-refractivity contribution is 7.92. The van der Waals surface area contributed by atoms with Crippen LogP contribution < -0.4 is 10.0 Å². The molecular weight excluding hydrogens is 367 g/mol. The number of hydrogen-bond donors (Lipinski definition) is 2. The van der Waals surface area contributed by atoms with Gasteiger partial charge in [-0.25, -0.2) is 12.8 Å². The number of hydrogen-bond acceptors (Lipinski definition) is 3. The molecule has 3 rings (SSSR count). The Hall–Kier alpha value is -2.41. The monoisotopic (exact) mass is 390 g/mol. The molecular formula is C20H23FN2O3S. The maximum atomic E-state index is 13.7. The zero-order chi connectivity index (χ0) is 19.4. The number of amides is 1. The van der Waals surface area contributed by atoms with Crippen LogP contribution in [0.5, 0.6) is 0 Å². The van der Waals surface area contributed by atoms with Crippen LogP contribution >= 0.6 is 0 Å². The third kappa shape index (κ3) is 4.66. The van der Waals surface area contributed by atoms with E-state index in [0.29, 0.717) is 11.5 Å². The van der Waals surface area contributed by atoms with Gasteiger partial charge in [0.2, 0.25) is 0 Å². The second kappa shape index (κ2) is 8.08. The molecule has 0 radical (unpaired) electrons. The topological polar surface area (TPSA) is 75.3 Å². The van der Waals surface area contributed by atoms with E-state index in [-0.39, 0.29) is 22.5 Å². The van der Waals surface area contributed by atoms with Crippen molar-refractivity contribution in [1.82, 2.24) is 5.32 Å². The molecule has 1 aliphatic carbocycles. The predicted molar refractivity (Wildman–Crippen MR) is 103 cm³/mol. The van der Waals surface area contributed by atoms with E-state index >= 15 is 0 Å². The van der Waals surface area contributed by atoms with Crippen LogP contribution in [0.2, 0.25) is 0 Å². The van der Waals surface area contributed by atoms with Crippen LogP contribution in [0.25, 0.3) is 0 Å². The van der Waals surface area contributed by atoms with E-state index < -0.39 is 15.8 Å². The molecule has 0 aromatic heterocycles. The van der Waals surface area contributed by atoms with Gasteiger partial charge in [-0.15, -0.1) is 0 Å². The van der Waals surface area contributed by atoms with Crippen LogP contribution in [0.1, 0.15) is 43.0 Å². The summed E-state index contributed by atoms with van der Waals surface area (Å²) in [4.78, 5) is 12.4. The molecule has 2 aromatic rings. The molecule has 1 saturated carbocycles. The van der Waals surface area contributed by atoms with Gasteiger partial charge in [0.05, 0.1) is 10.6 Å². The minimum absolute atomic E-state index is 0.0339. The summed E-state index contributed by atoms with van der Waals surface area (Å²) < 4.78 is 40.7. The Morgan fingerprint density at radius 2 is 1.70 bits per heavy atom. The fourth-order valence-corrected chi connectivity index (χ4v) is 4.38. The van der Waals surface area contributed by atoms with Crippen molar-refractivity contribution in [1.29, 1.82) is 0 Å². The van der Waals surface area contributed by atoms with Crippen LogP contribution in [-0.4, -0.2) is 20.4 Å². The Bertz CT molecular complexity index is 913. The molecule has 2 N–H and O–H groups in total. The molecule has 0 heterocycles. The normalized spacial score (nSPS) is 20.1. The number of carbonyl (C=O) groups excluding carboxylic acids is 1. The number of benzene rings is 2. The Kier molecular flexibility index (Phi) is 5.79. The Labute approximate surface area is 159 Å². The average Bonchev–Trinajstić information content (AvgIpc) is 2.65. The summed E-state index contributed by atoms with van der Waals surface area (Å²) in [5.74, 6) is -0.425. The smallest absolute Gasteiger partial charge is 0.261 e. The van der Waals surface area contributed by atoms with Gasteiger partial charge in [-0.05, 0) is 55.2 Å². The van der Waals surface area contributed by atoms with E-state index in [2.05, 4.69) is 17.0 Å². The molecule has 2 atom stereocenters. The third-order valence-corrected chi connectivity index (χ3v) is 6.35. The summed E-state index contributed by atoms with van der Waals surface area (Å²) in [5.41, 5.74) is 0.281. The summed E-state index contributed by atoms with van der Waals surface area (Å²) in [7, 11) is -3.94. The van der Waals surface area contributed by atoms with E-state index in [1.807, 2.05) is 0 Å². The SMILES string of the molecule is C[C@H]1CCCC[C@@H]1NC(=O)c1ccc(S(=O)(=O)Nc2ccccc2F)cc1. The third-order valence-electron chi connectivity index (χ3n) is 4.97. The molecule has 1 amide bonds. The quantitative estimate of drug-likeness (QED) is 0.812. The van der Waals surface area contributed by atoms with Crippen LogP contribution in [0.3, 0.4) is 0 Å².